The fourth-order valence-corrected chi connectivity index (χ4v) is 1.58. The first-order chi connectivity index (χ1) is 5.66. The summed E-state index contributed by atoms with van der Waals surface area (Å²) in [6.45, 7) is 1.71. The quantitative estimate of drug-likeness (QED) is 0.711. The number of hydrogen-bond acceptors (Lipinski definition) is 3. The summed E-state index contributed by atoms with van der Waals surface area (Å²) in [6.07, 6.45) is 1.23. The number of imidazole rings is 1. The Balaban J connectivity index is 3.07. The summed E-state index contributed by atoms with van der Waals surface area (Å²) in [6, 6.07) is 0. The van der Waals surface area contributed by atoms with Crippen LogP contribution >= 0.6 is 0 Å². The number of aromatic carboxylic acids is 1. The van der Waals surface area contributed by atoms with E-state index in [4.69, 9.17) is 5.11 Å². The van der Waals surface area contributed by atoms with E-state index in [-0.39, 0.29) is 10.7 Å². The molecule has 0 spiro atoms. The third-order valence-corrected chi connectivity index (χ3v) is 2.59. The molecular weight excluding hydrogens is 180 g/mol. The lowest BCUT2D eigenvalue weighted by molar-refractivity contribution is 0.0687. The first-order valence-corrected chi connectivity index (χ1v) is 4.63. The molecule has 0 saturated heterocycles. The number of aromatic nitrogens is 2. The van der Waals surface area contributed by atoms with Gasteiger partial charge in [-0.1, -0.05) is 6.92 Å². The molecule has 1 aromatic rings. The minimum Gasteiger partial charge on any atom is -0.476 e. The van der Waals surface area contributed by atoms with Gasteiger partial charge in [0.15, 0.2) is 5.69 Å². The fourth-order valence-electron chi connectivity index (χ4n) is 0.753. The molecule has 0 bridgehead atoms. The first kappa shape index (κ1) is 8.92. The van der Waals surface area contributed by atoms with E-state index < -0.39 is 16.8 Å². The van der Waals surface area contributed by atoms with Crippen molar-refractivity contribution in [2.45, 2.75) is 11.9 Å². The predicted molar refractivity (Wildman–Crippen MR) is 42.5 cm³/mol. The molecule has 1 heterocycles. The number of carbonyl (C=O) groups is 1. The van der Waals surface area contributed by atoms with Gasteiger partial charge in [0.2, 0.25) is 0 Å². The number of H-pyrrole nitrogens is 1. The van der Waals surface area contributed by atoms with Gasteiger partial charge in [0, 0.05) is 5.75 Å². The Bertz CT molecular complexity index is 320. The van der Waals surface area contributed by atoms with Gasteiger partial charge >= 0.3 is 5.97 Å². The second-order valence-electron chi connectivity index (χ2n) is 2.02. The van der Waals surface area contributed by atoms with Crippen LogP contribution in [0, 0.1) is 0 Å². The maximum atomic E-state index is 11.2. The van der Waals surface area contributed by atoms with Crippen LogP contribution in [0.1, 0.15) is 17.4 Å². The number of nitrogens with one attached hydrogen (secondary N) is 1. The monoisotopic (exact) mass is 188 g/mol. The summed E-state index contributed by atoms with van der Waals surface area (Å²) < 4.78 is 11.2. The zero-order chi connectivity index (χ0) is 9.14. The van der Waals surface area contributed by atoms with Gasteiger partial charge in [-0.25, -0.2) is 9.78 Å². The molecule has 12 heavy (non-hydrogen) atoms. The lowest BCUT2D eigenvalue weighted by atomic mass is 10.5. The van der Waals surface area contributed by atoms with Crippen LogP contribution in [0.15, 0.2) is 11.4 Å². The largest absolute Gasteiger partial charge is 0.476 e. The molecular formula is C6H8N2O3S. The molecule has 5 nitrogen and oxygen atoms in total. The van der Waals surface area contributed by atoms with Crippen molar-refractivity contribution in [1.82, 2.24) is 9.97 Å². The van der Waals surface area contributed by atoms with Gasteiger partial charge in [-0.2, -0.15) is 0 Å². The summed E-state index contributed by atoms with van der Waals surface area (Å²) in [4.78, 5) is 16.6. The lowest BCUT2D eigenvalue weighted by Gasteiger charge is -1.94. The van der Waals surface area contributed by atoms with E-state index in [0.29, 0.717) is 5.75 Å². The van der Waals surface area contributed by atoms with Crippen LogP contribution < -0.4 is 0 Å². The smallest absolute Gasteiger partial charge is 0.357 e. The van der Waals surface area contributed by atoms with Crippen LogP contribution in [-0.4, -0.2) is 31.0 Å². The Kier molecular flexibility index (Phi) is 2.59. The number of rotatable bonds is 3. The SMILES string of the molecule is CCS(=O)c1[nH]cnc1C(=O)O. The zero-order valence-corrected chi connectivity index (χ0v) is 7.22. The Labute approximate surface area is 71.3 Å². The van der Waals surface area contributed by atoms with E-state index in [2.05, 4.69) is 9.97 Å². The summed E-state index contributed by atoms with van der Waals surface area (Å²) >= 11 is 0. The summed E-state index contributed by atoms with van der Waals surface area (Å²) in [7, 11) is -1.29. The molecule has 0 saturated carbocycles. The molecule has 0 aliphatic rings. The molecule has 0 amide bonds. The molecule has 0 aliphatic carbocycles. The number of aromatic amines is 1. The standard InChI is InChI=1S/C6H8N2O3S/c1-2-12(11)5-4(6(9)10)7-3-8-5/h3H,2H2,1H3,(H,7,8)(H,9,10). The van der Waals surface area contributed by atoms with E-state index in [9.17, 15) is 9.00 Å². The summed E-state index contributed by atoms with van der Waals surface area (Å²) in [5.41, 5.74) is -0.157. The Morgan fingerprint density at radius 2 is 2.50 bits per heavy atom. The normalized spacial score (nSPS) is 12.8. The number of carboxylic acids is 1. The minimum atomic E-state index is -1.29. The summed E-state index contributed by atoms with van der Waals surface area (Å²) in [5, 5.41) is 8.77. The minimum absolute atomic E-state index is 0.157. The van der Waals surface area contributed by atoms with Gasteiger partial charge in [0.05, 0.1) is 17.1 Å². The average molecular weight is 188 g/mol. The predicted octanol–water partition coefficient (Wildman–Crippen LogP) is 0.235. The molecule has 0 aliphatic heterocycles. The number of carboxylic acid groups (broad SMARTS) is 1. The van der Waals surface area contributed by atoms with Crippen LogP contribution in [0.3, 0.4) is 0 Å². The van der Waals surface area contributed by atoms with Gasteiger partial charge in [0.25, 0.3) is 0 Å². The van der Waals surface area contributed by atoms with Crippen molar-refractivity contribution in [2.75, 3.05) is 5.75 Å². The Morgan fingerprint density at radius 3 is 3.00 bits per heavy atom. The average Bonchev–Trinajstić information content (AvgIpc) is 2.50. The topological polar surface area (TPSA) is 83.0 Å². The maximum Gasteiger partial charge on any atom is 0.357 e. The first-order valence-electron chi connectivity index (χ1n) is 3.31. The van der Waals surface area contributed by atoms with E-state index in [0.717, 1.165) is 0 Å². The van der Waals surface area contributed by atoms with Crippen molar-refractivity contribution >= 4 is 16.8 Å². The van der Waals surface area contributed by atoms with Crippen molar-refractivity contribution in [3.8, 4) is 0 Å². The van der Waals surface area contributed by atoms with Gasteiger partial charge < -0.3 is 10.1 Å². The molecule has 66 valence electrons. The maximum absolute atomic E-state index is 11.2. The molecule has 2 N–H and O–H groups in total. The van der Waals surface area contributed by atoms with Crippen molar-refractivity contribution in [2.24, 2.45) is 0 Å². The van der Waals surface area contributed by atoms with Crippen LogP contribution in [0.4, 0.5) is 0 Å². The van der Waals surface area contributed by atoms with Crippen LogP contribution in [0.2, 0.25) is 0 Å². The molecule has 1 rings (SSSR count). The third-order valence-electron chi connectivity index (χ3n) is 1.30. The molecule has 0 aromatic carbocycles. The van der Waals surface area contributed by atoms with Crippen molar-refractivity contribution in [3.63, 3.8) is 0 Å². The van der Waals surface area contributed by atoms with E-state index in [1.807, 2.05) is 0 Å². The highest BCUT2D eigenvalue weighted by Crippen LogP contribution is 2.07. The molecule has 1 aromatic heterocycles. The van der Waals surface area contributed by atoms with Crippen LogP contribution in [0.25, 0.3) is 0 Å². The Hall–Kier alpha value is -1.17. The second kappa shape index (κ2) is 3.48. The molecule has 1 unspecified atom stereocenters. The molecule has 0 radical (unpaired) electrons. The fraction of sp³-hybridized carbons (Fsp3) is 0.333. The number of hydrogen-bond donors (Lipinski definition) is 2. The second-order valence-corrected chi connectivity index (χ2v) is 3.70. The van der Waals surface area contributed by atoms with Crippen molar-refractivity contribution < 1.29 is 14.1 Å². The molecule has 6 heteroatoms. The van der Waals surface area contributed by atoms with Crippen molar-refractivity contribution in [1.29, 1.82) is 0 Å². The zero-order valence-electron chi connectivity index (χ0n) is 6.40. The van der Waals surface area contributed by atoms with Gasteiger partial charge in [-0.05, 0) is 0 Å². The molecule has 1 atom stereocenters. The van der Waals surface area contributed by atoms with E-state index >= 15 is 0 Å². The highest BCUT2D eigenvalue weighted by molar-refractivity contribution is 7.85. The Morgan fingerprint density at radius 1 is 1.83 bits per heavy atom. The van der Waals surface area contributed by atoms with E-state index in [1.54, 1.807) is 6.92 Å². The lowest BCUT2D eigenvalue weighted by Crippen LogP contribution is -2.04. The van der Waals surface area contributed by atoms with Gasteiger partial charge in [0.1, 0.15) is 5.03 Å². The summed E-state index contributed by atoms with van der Waals surface area (Å²) in [5.74, 6) is -0.782. The highest BCUT2D eigenvalue weighted by atomic mass is 32.2. The van der Waals surface area contributed by atoms with Gasteiger partial charge in [-0.3, -0.25) is 4.21 Å². The van der Waals surface area contributed by atoms with E-state index in [1.165, 1.54) is 6.33 Å². The van der Waals surface area contributed by atoms with Crippen LogP contribution in [0.5, 0.6) is 0 Å². The molecule has 0 fully saturated rings. The highest BCUT2D eigenvalue weighted by Gasteiger charge is 2.16. The van der Waals surface area contributed by atoms with Crippen LogP contribution in [-0.2, 0) is 10.8 Å². The van der Waals surface area contributed by atoms with Crippen molar-refractivity contribution in [3.05, 3.63) is 12.0 Å². The van der Waals surface area contributed by atoms with Gasteiger partial charge in [-0.15, -0.1) is 0 Å². The number of nitrogens with zero attached hydrogens (tertiary/aromatic N) is 1. The third kappa shape index (κ3) is 1.53.